The molecule has 0 radical (unpaired) electrons. The molecule has 0 saturated heterocycles. The van der Waals surface area contributed by atoms with Gasteiger partial charge in [-0.2, -0.15) is 0 Å². The molecule has 0 bridgehead atoms. The largest absolute Gasteiger partial charge is 0.380 e. The Morgan fingerprint density at radius 2 is 2.15 bits per heavy atom. The summed E-state index contributed by atoms with van der Waals surface area (Å²) in [6.07, 6.45) is 2.55. The molecule has 1 fully saturated rings. The van der Waals surface area contributed by atoms with Crippen LogP contribution in [0.3, 0.4) is 0 Å². The normalized spacial score (nSPS) is 16.6. The molecule has 0 spiro atoms. The Kier molecular flexibility index (Phi) is 5.46. The standard InChI is InChI=1S/C15H22F2N2O/c1-19(6-7-20-10-11-2-3-11)9-15(18)13-8-12(16)4-5-14(13)17/h4-5,8,11,15H,2-3,6-7,9-10,18H2,1H3. The van der Waals surface area contributed by atoms with Gasteiger partial charge < -0.3 is 15.4 Å². The lowest BCUT2D eigenvalue weighted by Gasteiger charge is -2.21. The Balaban J connectivity index is 1.74. The molecule has 2 rings (SSSR count). The molecule has 2 N–H and O–H groups in total. The highest BCUT2D eigenvalue weighted by molar-refractivity contribution is 5.22. The number of halogens is 2. The fourth-order valence-electron chi connectivity index (χ4n) is 2.08. The number of ether oxygens (including phenoxy) is 1. The Bertz CT molecular complexity index is 438. The molecule has 112 valence electrons. The van der Waals surface area contributed by atoms with Crippen molar-refractivity contribution in [3.8, 4) is 0 Å². The molecule has 0 aliphatic heterocycles. The minimum atomic E-state index is -0.542. The van der Waals surface area contributed by atoms with E-state index in [1.807, 2.05) is 11.9 Å². The third-order valence-corrected chi connectivity index (χ3v) is 3.53. The van der Waals surface area contributed by atoms with E-state index in [4.69, 9.17) is 10.5 Å². The topological polar surface area (TPSA) is 38.5 Å². The van der Waals surface area contributed by atoms with E-state index in [-0.39, 0.29) is 5.56 Å². The molecule has 1 atom stereocenters. The summed E-state index contributed by atoms with van der Waals surface area (Å²) in [5, 5.41) is 0. The number of likely N-dealkylation sites (N-methyl/N-ethyl adjacent to an activating group) is 1. The van der Waals surface area contributed by atoms with Crippen LogP contribution in [0.25, 0.3) is 0 Å². The lowest BCUT2D eigenvalue weighted by Crippen LogP contribution is -2.32. The molecule has 1 aromatic carbocycles. The summed E-state index contributed by atoms with van der Waals surface area (Å²) in [5.41, 5.74) is 6.16. The summed E-state index contributed by atoms with van der Waals surface area (Å²) in [6, 6.07) is 2.83. The van der Waals surface area contributed by atoms with Gasteiger partial charge in [0.1, 0.15) is 11.6 Å². The van der Waals surface area contributed by atoms with Gasteiger partial charge in [-0.15, -0.1) is 0 Å². The Morgan fingerprint density at radius 1 is 1.40 bits per heavy atom. The average Bonchev–Trinajstić information content (AvgIpc) is 3.21. The molecule has 1 aliphatic rings. The zero-order valence-corrected chi connectivity index (χ0v) is 11.8. The highest BCUT2D eigenvalue weighted by atomic mass is 19.1. The maximum atomic E-state index is 13.6. The Labute approximate surface area is 118 Å². The lowest BCUT2D eigenvalue weighted by molar-refractivity contribution is 0.102. The predicted octanol–water partition coefficient (Wildman–Crippen LogP) is 2.32. The zero-order valence-electron chi connectivity index (χ0n) is 11.8. The van der Waals surface area contributed by atoms with Crippen LogP contribution >= 0.6 is 0 Å². The summed E-state index contributed by atoms with van der Waals surface area (Å²) < 4.78 is 32.2. The third-order valence-electron chi connectivity index (χ3n) is 3.53. The quantitative estimate of drug-likeness (QED) is 0.745. The van der Waals surface area contributed by atoms with Crippen molar-refractivity contribution in [2.75, 3.05) is 33.4 Å². The van der Waals surface area contributed by atoms with Gasteiger partial charge in [-0.05, 0) is 44.0 Å². The fourth-order valence-corrected chi connectivity index (χ4v) is 2.08. The molecule has 1 unspecified atom stereocenters. The number of hydrogen-bond donors (Lipinski definition) is 1. The van der Waals surface area contributed by atoms with Gasteiger partial charge in [-0.3, -0.25) is 0 Å². The van der Waals surface area contributed by atoms with E-state index in [0.717, 1.165) is 37.3 Å². The van der Waals surface area contributed by atoms with Gasteiger partial charge >= 0.3 is 0 Å². The first-order valence-electron chi connectivity index (χ1n) is 7.03. The van der Waals surface area contributed by atoms with Crippen LogP contribution in [0.5, 0.6) is 0 Å². The molecule has 1 aliphatic carbocycles. The molecule has 0 amide bonds. The fraction of sp³-hybridized carbons (Fsp3) is 0.600. The van der Waals surface area contributed by atoms with Gasteiger partial charge in [-0.1, -0.05) is 0 Å². The molecule has 0 heterocycles. The van der Waals surface area contributed by atoms with Crippen LogP contribution in [0.2, 0.25) is 0 Å². The SMILES string of the molecule is CN(CCOCC1CC1)CC(N)c1cc(F)ccc1F. The monoisotopic (exact) mass is 284 g/mol. The molecule has 1 aromatic rings. The first-order chi connectivity index (χ1) is 9.56. The van der Waals surface area contributed by atoms with Gasteiger partial charge in [0.05, 0.1) is 6.61 Å². The van der Waals surface area contributed by atoms with Gasteiger partial charge in [0.2, 0.25) is 0 Å². The number of rotatable bonds is 8. The maximum absolute atomic E-state index is 13.6. The van der Waals surface area contributed by atoms with Crippen molar-refractivity contribution in [2.24, 2.45) is 11.7 Å². The molecule has 3 nitrogen and oxygen atoms in total. The third kappa shape index (κ3) is 4.81. The maximum Gasteiger partial charge on any atom is 0.128 e. The van der Waals surface area contributed by atoms with E-state index in [9.17, 15) is 8.78 Å². The van der Waals surface area contributed by atoms with Crippen molar-refractivity contribution < 1.29 is 13.5 Å². The second-order valence-electron chi connectivity index (χ2n) is 5.55. The Hall–Kier alpha value is -1.04. The van der Waals surface area contributed by atoms with Crippen LogP contribution in [0.1, 0.15) is 24.4 Å². The molecule has 0 aromatic heterocycles. The number of hydrogen-bond acceptors (Lipinski definition) is 3. The van der Waals surface area contributed by atoms with Crippen LogP contribution in [-0.4, -0.2) is 38.3 Å². The minimum absolute atomic E-state index is 0.218. The number of benzene rings is 1. The summed E-state index contributed by atoms with van der Waals surface area (Å²) in [4.78, 5) is 1.97. The Morgan fingerprint density at radius 3 is 2.85 bits per heavy atom. The average molecular weight is 284 g/mol. The van der Waals surface area contributed by atoms with Crippen molar-refractivity contribution in [1.29, 1.82) is 0 Å². The molecular weight excluding hydrogens is 262 g/mol. The summed E-state index contributed by atoms with van der Waals surface area (Å²) >= 11 is 0. The molecule has 5 heteroatoms. The van der Waals surface area contributed by atoms with Crippen LogP contribution in [-0.2, 0) is 4.74 Å². The van der Waals surface area contributed by atoms with Crippen LogP contribution in [0.4, 0.5) is 8.78 Å². The molecular formula is C15H22F2N2O. The summed E-state index contributed by atoms with van der Waals surface area (Å²) in [5.74, 6) is -0.173. The van der Waals surface area contributed by atoms with E-state index in [1.165, 1.54) is 12.8 Å². The highest BCUT2D eigenvalue weighted by Gasteiger charge is 2.21. The van der Waals surface area contributed by atoms with Crippen molar-refractivity contribution >= 4 is 0 Å². The van der Waals surface area contributed by atoms with Crippen molar-refractivity contribution in [3.63, 3.8) is 0 Å². The minimum Gasteiger partial charge on any atom is -0.380 e. The van der Waals surface area contributed by atoms with Gasteiger partial charge in [0.15, 0.2) is 0 Å². The number of nitrogens with two attached hydrogens (primary N) is 1. The smallest absolute Gasteiger partial charge is 0.128 e. The lowest BCUT2D eigenvalue weighted by atomic mass is 10.1. The van der Waals surface area contributed by atoms with Crippen LogP contribution in [0, 0.1) is 17.6 Å². The zero-order chi connectivity index (χ0) is 14.5. The van der Waals surface area contributed by atoms with Gasteiger partial charge in [0.25, 0.3) is 0 Å². The van der Waals surface area contributed by atoms with E-state index in [1.54, 1.807) is 0 Å². The van der Waals surface area contributed by atoms with Crippen molar-refractivity contribution in [1.82, 2.24) is 4.90 Å². The van der Waals surface area contributed by atoms with Gasteiger partial charge in [0, 0.05) is 31.3 Å². The van der Waals surface area contributed by atoms with E-state index in [0.29, 0.717) is 13.2 Å². The first kappa shape index (κ1) is 15.4. The van der Waals surface area contributed by atoms with Gasteiger partial charge in [-0.25, -0.2) is 8.78 Å². The second-order valence-corrected chi connectivity index (χ2v) is 5.55. The summed E-state index contributed by atoms with van der Waals surface area (Å²) in [7, 11) is 1.90. The van der Waals surface area contributed by atoms with E-state index >= 15 is 0 Å². The number of nitrogens with zero attached hydrogens (tertiary/aromatic N) is 1. The van der Waals surface area contributed by atoms with Crippen molar-refractivity contribution in [3.05, 3.63) is 35.4 Å². The molecule has 1 saturated carbocycles. The van der Waals surface area contributed by atoms with Crippen LogP contribution < -0.4 is 5.73 Å². The van der Waals surface area contributed by atoms with E-state index in [2.05, 4.69) is 0 Å². The second kappa shape index (κ2) is 7.11. The molecule has 20 heavy (non-hydrogen) atoms. The van der Waals surface area contributed by atoms with Crippen molar-refractivity contribution in [2.45, 2.75) is 18.9 Å². The summed E-state index contributed by atoms with van der Waals surface area (Å²) in [6.45, 7) is 2.67. The van der Waals surface area contributed by atoms with Crippen LogP contribution in [0.15, 0.2) is 18.2 Å². The van der Waals surface area contributed by atoms with E-state index < -0.39 is 17.7 Å². The first-order valence-corrected chi connectivity index (χ1v) is 7.03. The predicted molar refractivity (Wildman–Crippen MR) is 74.3 cm³/mol. The highest BCUT2D eigenvalue weighted by Crippen LogP contribution is 2.28.